The van der Waals surface area contributed by atoms with Crippen LogP contribution in [0.25, 0.3) is 0 Å². The highest BCUT2D eigenvalue weighted by atomic mass is 32.2. The van der Waals surface area contributed by atoms with Crippen LogP contribution in [0.3, 0.4) is 0 Å². The van der Waals surface area contributed by atoms with Crippen molar-refractivity contribution in [3.05, 3.63) is 23.3 Å². The maximum Gasteiger partial charge on any atom is 0.243 e. The first-order valence-corrected chi connectivity index (χ1v) is 9.04. The van der Waals surface area contributed by atoms with Gasteiger partial charge in [0.05, 0.1) is 24.2 Å². The van der Waals surface area contributed by atoms with Crippen molar-refractivity contribution in [3.8, 4) is 5.75 Å². The maximum absolute atomic E-state index is 12.9. The molecule has 1 aromatic carbocycles. The van der Waals surface area contributed by atoms with Gasteiger partial charge in [-0.1, -0.05) is 12.8 Å². The molecule has 2 rings (SSSR count). The van der Waals surface area contributed by atoms with Gasteiger partial charge in [0.15, 0.2) is 0 Å². The molecule has 0 saturated heterocycles. The van der Waals surface area contributed by atoms with Gasteiger partial charge in [-0.3, -0.25) is 0 Å². The summed E-state index contributed by atoms with van der Waals surface area (Å²) in [5.74, 6) is 0.678. The number of sulfonamides is 1. The van der Waals surface area contributed by atoms with Crippen molar-refractivity contribution in [2.24, 2.45) is 0 Å². The van der Waals surface area contributed by atoms with Gasteiger partial charge in [0, 0.05) is 7.05 Å². The summed E-state index contributed by atoms with van der Waals surface area (Å²) in [5.41, 5.74) is 1.43. The average Bonchev–Trinajstić information content (AvgIpc) is 2.48. The summed E-state index contributed by atoms with van der Waals surface area (Å²) in [6.07, 6.45) is 2.66. The van der Waals surface area contributed by atoms with Crippen molar-refractivity contribution in [2.75, 3.05) is 14.2 Å². The highest BCUT2D eigenvalue weighted by molar-refractivity contribution is 7.89. The van der Waals surface area contributed by atoms with Gasteiger partial charge in [0.25, 0.3) is 0 Å². The summed E-state index contributed by atoms with van der Waals surface area (Å²) >= 11 is 0. The van der Waals surface area contributed by atoms with E-state index in [1.54, 1.807) is 33.2 Å². The Morgan fingerprint density at radius 2 is 1.82 bits per heavy atom. The summed E-state index contributed by atoms with van der Waals surface area (Å²) < 4.78 is 32.4. The minimum absolute atomic E-state index is 0.283. The van der Waals surface area contributed by atoms with Crippen LogP contribution >= 0.6 is 0 Å². The number of ether oxygens (including phenoxy) is 1. The van der Waals surface area contributed by atoms with Gasteiger partial charge in [-0.15, -0.1) is 0 Å². The van der Waals surface area contributed by atoms with Crippen LogP contribution in [-0.2, 0) is 10.0 Å². The van der Waals surface area contributed by atoms with Crippen LogP contribution in [-0.4, -0.2) is 44.1 Å². The predicted molar refractivity (Wildman–Crippen MR) is 85.7 cm³/mol. The molecule has 1 aliphatic rings. The molecule has 124 valence electrons. The van der Waals surface area contributed by atoms with Gasteiger partial charge >= 0.3 is 0 Å². The number of rotatable bonds is 4. The number of nitrogens with zero attached hydrogens (tertiary/aromatic N) is 1. The number of aliphatic hydroxyl groups excluding tert-OH is 1. The van der Waals surface area contributed by atoms with Gasteiger partial charge in [-0.2, -0.15) is 4.31 Å². The van der Waals surface area contributed by atoms with E-state index in [2.05, 4.69) is 0 Å². The average molecular weight is 327 g/mol. The topological polar surface area (TPSA) is 66.8 Å². The lowest BCUT2D eigenvalue weighted by atomic mass is 9.93. The summed E-state index contributed by atoms with van der Waals surface area (Å²) in [6.45, 7) is 3.59. The first-order valence-electron chi connectivity index (χ1n) is 7.60. The second-order valence-electron chi connectivity index (χ2n) is 6.03. The number of aryl methyl sites for hydroxylation is 2. The molecule has 1 aromatic rings. The fraction of sp³-hybridized carbons (Fsp3) is 0.625. The summed E-state index contributed by atoms with van der Waals surface area (Å²) in [5, 5.41) is 10.1. The molecule has 1 saturated carbocycles. The first-order chi connectivity index (χ1) is 10.3. The van der Waals surface area contributed by atoms with Gasteiger partial charge in [0.2, 0.25) is 10.0 Å². The van der Waals surface area contributed by atoms with E-state index < -0.39 is 16.1 Å². The van der Waals surface area contributed by atoms with Crippen LogP contribution in [0.15, 0.2) is 17.0 Å². The first kappa shape index (κ1) is 17.2. The fourth-order valence-corrected chi connectivity index (χ4v) is 4.81. The third kappa shape index (κ3) is 3.14. The van der Waals surface area contributed by atoms with E-state index in [4.69, 9.17) is 4.74 Å². The van der Waals surface area contributed by atoms with Crippen molar-refractivity contribution in [1.29, 1.82) is 0 Å². The zero-order chi connectivity index (χ0) is 16.5. The molecule has 1 fully saturated rings. The Kier molecular flexibility index (Phi) is 5.14. The maximum atomic E-state index is 12.9. The lowest BCUT2D eigenvalue weighted by Gasteiger charge is -2.34. The highest BCUT2D eigenvalue weighted by Crippen LogP contribution is 2.31. The molecular weight excluding hydrogens is 302 g/mol. The number of methoxy groups -OCH3 is 1. The highest BCUT2D eigenvalue weighted by Gasteiger charge is 2.35. The molecule has 1 aliphatic carbocycles. The number of hydrogen-bond donors (Lipinski definition) is 1. The standard InChI is InChI=1S/C16H25NO4S/c1-11-10-16(12(2)9-15(11)21-4)22(19,20)17(3)13-7-5-6-8-14(13)18/h9-10,13-14,18H,5-8H2,1-4H3/t13-,14-/m1/s1. The van der Waals surface area contributed by atoms with E-state index in [9.17, 15) is 13.5 Å². The van der Waals surface area contributed by atoms with Crippen LogP contribution in [0.1, 0.15) is 36.8 Å². The molecule has 0 amide bonds. The monoisotopic (exact) mass is 327 g/mol. The third-order valence-electron chi connectivity index (χ3n) is 4.51. The number of benzene rings is 1. The summed E-state index contributed by atoms with van der Waals surface area (Å²) in [6, 6.07) is 3.04. The second-order valence-corrected chi connectivity index (χ2v) is 7.99. The van der Waals surface area contributed by atoms with E-state index in [-0.39, 0.29) is 10.9 Å². The molecule has 0 aromatic heterocycles. The normalized spacial score (nSPS) is 22.8. The van der Waals surface area contributed by atoms with Crippen molar-refractivity contribution in [2.45, 2.75) is 56.6 Å². The zero-order valence-electron chi connectivity index (χ0n) is 13.7. The Morgan fingerprint density at radius 3 is 2.41 bits per heavy atom. The van der Waals surface area contributed by atoms with Crippen LogP contribution < -0.4 is 4.74 Å². The molecule has 2 atom stereocenters. The molecule has 1 N–H and O–H groups in total. The van der Waals surface area contributed by atoms with E-state index >= 15 is 0 Å². The predicted octanol–water partition coefficient (Wildman–Crippen LogP) is 2.24. The molecule has 0 aliphatic heterocycles. The second kappa shape index (κ2) is 6.56. The molecule has 0 spiro atoms. The molecule has 0 unspecified atom stereocenters. The Labute approximate surface area is 133 Å². The van der Waals surface area contributed by atoms with Crippen molar-refractivity contribution < 1.29 is 18.3 Å². The lowest BCUT2D eigenvalue weighted by Crippen LogP contribution is -2.46. The Morgan fingerprint density at radius 1 is 1.18 bits per heavy atom. The number of aliphatic hydroxyl groups is 1. The third-order valence-corrected chi connectivity index (χ3v) is 6.54. The molecule has 0 bridgehead atoms. The molecule has 6 heteroatoms. The number of likely N-dealkylation sites (N-methyl/N-ethyl adjacent to an activating group) is 1. The van der Waals surface area contributed by atoms with E-state index in [0.717, 1.165) is 18.4 Å². The van der Waals surface area contributed by atoms with Crippen LogP contribution in [0.5, 0.6) is 5.75 Å². The van der Waals surface area contributed by atoms with Crippen molar-refractivity contribution >= 4 is 10.0 Å². The van der Waals surface area contributed by atoms with Crippen LogP contribution in [0, 0.1) is 13.8 Å². The molecule has 0 radical (unpaired) electrons. The van der Waals surface area contributed by atoms with Crippen molar-refractivity contribution in [3.63, 3.8) is 0 Å². The van der Waals surface area contributed by atoms with Gasteiger partial charge in [-0.25, -0.2) is 8.42 Å². The molecule has 22 heavy (non-hydrogen) atoms. The summed E-state index contributed by atoms with van der Waals surface area (Å²) in [7, 11) is -0.499. The van der Waals surface area contributed by atoms with E-state index in [1.807, 2.05) is 6.92 Å². The Bertz CT molecular complexity index is 642. The zero-order valence-corrected chi connectivity index (χ0v) is 14.5. The minimum atomic E-state index is -3.63. The minimum Gasteiger partial charge on any atom is -0.496 e. The quantitative estimate of drug-likeness (QED) is 0.921. The van der Waals surface area contributed by atoms with Crippen LogP contribution in [0.4, 0.5) is 0 Å². The largest absolute Gasteiger partial charge is 0.496 e. The van der Waals surface area contributed by atoms with Crippen LogP contribution in [0.2, 0.25) is 0 Å². The SMILES string of the molecule is COc1cc(C)c(S(=O)(=O)N(C)[C@@H]2CCCC[C@H]2O)cc1C. The van der Waals surface area contributed by atoms with Gasteiger partial charge < -0.3 is 9.84 Å². The van der Waals surface area contributed by atoms with Gasteiger partial charge in [0.1, 0.15) is 5.75 Å². The van der Waals surface area contributed by atoms with Crippen molar-refractivity contribution in [1.82, 2.24) is 4.31 Å². The molecular formula is C16H25NO4S. The van der Waals surface area contributed by atoms with E-state index in [1.165, 1.54) is 4.31 Å². The Hall–Kier alpha value is -1.11. The molecule has 0 heterocycles. The Balaban J connectivity index is 2.39. The fourth-order valence-electron chi connectivity index (χ4n) is 3.11. The lowest BCUT2D eigenvalue weighted by molar-refractivity contribution is 0.0638. The molecule has 5 nitrogen and oxygen atoms in total. The number of hydrogen-bond acceptors (Lipinski definition) is 4. The smallest absolute Gasteiger partial charge is 0.243 e. The summed E-state index contributed by atoms with van der Waals surface area (Å²) in [4.78, 5) is 0.283. The van der Waals surface area contributed by atoms with E-state index in [0.29, 0.717) is 24.2 Å². The van der Waals surface area contributed by atoms with Gasteiger partial charge in [-0.05, 0) is 49.9 Å².